The van der Waals surface area contributed by atoms with Gasteiger partial charge in [-0.1, -0.05) is 18.3 Å². The molecular formula is C14H13BrFN3S. The van der Waals surface area contributed by atoms with E-state index in [0.29, 0.717) is 27.1 Å². The van der Waals surface area contributed by atoms with Gasteiger partial charge in [0, 0.05) is 15.9 Å². The Balaban J connectivity index is 2.56. The van der Waals surface area contributed by atoms with Gasteiger partial charge in [-0.25, -0.2) is 4.39 Å². The van der Waals surface area contributed by atoms with Gasteiger partial charge in [0.05, 0.1) is 16.9 Å². The predicted molar refractivity (Wildman–Crippen MR) is 87.0 cm³/mol. The highest BCUT2D eigenvalue weighted by atomic mass is 79.9. The first-order valence-corrected chi connectivity index (χ1v) is 7.09. The lowest BCUT2D eigenvalue weighted by molar-refractivity contribution is 0.631. The maximum atomic E-state index is 13.9. The molecule has 0 amide bonds. The van der Waals surface area contributed by atoms with Crippen molar-refractivity contribution in [3.63, 3.8) is 0 Å². The average Bonchev–Trinajstić information content (AvgIpc) is 2.32. The van der Waals surface area contributed by atoms with E-state index < -0.39 is 0 Å². The standard InChI is InChI=1S/C14H13BrFN3S/c1-7-6-11(12(14(17)20)8(2)18-7)19-13-9(15)4-3-5-10(13)16/h3-6H,1-2H3,(H2,17,20)(H,18,19). The lowest BCUT2D eigenvalue weighted by atomic mass is 10.1. The van der Waals surface area contributed by atoms with Crippen molar-refractivity contribution in [2.45, 2.75) is 13.8 Å². The van der Waals surface area contributed by atoms with E-state index in [1.807, 2.05) is 13.8 Å². The molecule has 0 spiro atoms. The minimum absolute atomic E-state index is 0.227. The molecule has 1 heterocycles. The number of pyridine rings is 1. The van der Waals surface area contributed by atoms with E-state index in [1.165, 1.54) is 6.07 Å². The molecular weight excluding hydrogens is 341 g/mol. The molecule has 1 aromatic carbocycles. The van der Waals surface area contributed by atoms with Gasteiger partial charge in [0.25, 0.3) is 0 Å². The monoisotopic (exact) mass is 353 g/mol. The number of nitrogens with two attached hydrogens (primary N) is 1. The molecule has 2 aromatic rings. The van der Waals surface area contributed by atoms with Gasteiger partial charge in [-0.2, -0.15) is 0 Å². The van der Waals surface area contributed by atoms with E-state index in [-0.39, 0.29) is 10.8 Å². The summed E-state index contributed by atoms with van der Waals surface area (Å²) in [5, 5.41) is 3.04. The molecule has 0 saturated carbocycles. The molecule has 2 rings (SSSR count). The number of hydrogen-bond acceptors (Lipinski definition) is 3. The van der Waals surface area contributed by atoms with Crippen molar-refractivity contribution in [3.8, 4) is 0 Å². The summed E-state index contributed by atoms with van der Waals surface area (Å²) in [5.41, 5.74) is 8.87. The Morgan fingerprint density at radius 3 is 2.70 bits per heavy atom. The molecule has 104 valence electrons. The maximum absolute atomic E-state index is 13.9. The largest absolute Gasteiger partial charge is 0.389 e. The molecule has 0 atom stereocenters. The van der Waals surface area contributed by atoms with E-state index in [9.17, 15) is 4.39 Å². The van der Waals surface area contributed by atoms with Crippen LogP contribution in [0.4, 0.5) is 15.8 Å². The number of rotatable bonds is 3. The number of para-hydroxylation sites is 1. The molecule has 3 N–H and O–H groups in total. The first kappa shape index (κ1) is 14.9. The average molecular weight is 354 g/mol. The molecule has 20 heavy (non-hydrogen) atoms. The first-order valence-electron chi connectivity index (χ1n) is 5.89. The number of halogens is 2. The van der Waals surface area contributed by atoms with Crippen LogP contribution in [-0.2, 0) is 0 Å². The molecule has 0 aliphatic carbocycles. The van der Waals surface area contributed by atoms with E-state index in [2.05, 4.69) is 26.2 Å². The van der Waals surface area contributed by atoms with Crippen molar-refractivity contribution >= 4 is 44.5 Å². The van der Waals surface area contributed by atoms with Gasteiger partial charge in [0.1, 0.15) is 10.8 Å². The fourth-order valence-electron chi connectivity index (χ4n) is 1.99. The Morgan fingerprint density at radius 1 is 1.40 bits per heavy atom. The van der Waals surface area contributed by atoms with E-state index >= 15 is 0 Å². The molecule has 0 bridgehead atoms. The van der Waals surface area contributed by atoms with Crippen molar-refractivity contribution in [2.75, 3.05) is 5.32 Å². The van der Waals surface area contributed by atoms with Gasteiger partial charge < -0.3 is 11.1 Å². The summed E-state index contributed by atoms with van der Waals surface area (Å²) in [6, 6.07) is 6.56. The minimum atomic E-state index is -0.361. The maximum Gasteiger partial charge on any atom is 0.147 e. The zero-order valence-corrected chi connectivity index (χ0v) is 13.4. The number of nitrogens with zero attached hydrogens (tertiary/aromatic N) is 1. The molecule has 0 aliphatic heterocycles. The fourth-order valence-corrected chi connectivity index (χ4v) is 2.69. The third-order valence-electron chi connectivity index (χ3n) is 2.80. The van der Waals surface area contributed by atoms with Crippen LogP contribution in [0.5, 0.6) is 0 Å². The topological polar surface area (TPSA) is 50.9 Å². The summed E-state index contributed by atoms with van der Waals surface area (Å²) >= 11 is 8.38. The van der Waals surface area contributed by atoms with Crippen molar-refractivity contribution in [3.05, 3.63) is 51.5 Å². The number of hydrogen-bond donors (Lipinski definition) is 2. The van der Waals surface area contributed by atoms with Crippen LogP contribution in [-0.4, -0.2) is 9.97 Å². The molecule has 3 nitrogen and oxygen atoms in total. The van der Waals surface area contributed by atoms with E-state index in [1.54, 1.807) is 18.2 Å². The Kier molecular flexibility index (Phi) is 4.35. The van der Waals surface area contributed by atoms with Crippen molar-refractivity contribution in [1.82, 2.24) is 4.98 Å². The highest BCUT2D eigenvalue weighted by Gasteiger charge is 2.14. The van der Waals surface area contributed by atoms with Crippen molar-refractivity contribution in [1.29, 1.82) is 0 Å². The van der Waals surface area contributed by atoms with Crippen LogP contribution >= 0.6 is 28.1 Å². The highest BCUT2D eigenvalue weighted by molar-refractivity contribution is 9.10. The Hall–Kier alpha value is -1.53. The minimum Gasteiger partial charge on any atom is -0.389 e. The lowest BCUT2D eigenvalue weighted by Gasteiger charge is -2.15. The van der Waals surface area contributed by atoms with Crippen LogP contribution in [0.25, 0.3) is 0 Å². The SMILES string of the molecule is Cc1cc(Nc2c(F)cccc2Br)c(C(N)=S)c(C)n1. The van der Waals surface area contributed by atoms with Gasteiger partial charge >= 0.3 is 0 Å². The van der Waals surface area contributed by atoms with Crippen LogP contribution in [0.15, 0.2) is 28.7 Å². The van der Waals surface area contributed by atoms with Gasteiger partial charge in [-0.15, -0.1) is 0 Å². The van der Waals surface area contributed by atoms with Gasteiger partial charge in [-0.05, 0) is 48.0 Å². The molecule has 0 fully saturated rings. The molecule has 1 aromatic heterocycles. The summed E-state index contributed by atoms with van der Waals surface area (Å²) in [6.07, 6.45) is 0. The molecule has 0 aliphatic rings. The van der Waals surface area contributed by atoms with Crippen LogP contribution < -0.4 is 11.1 Å². The molecule has 0 radical (unpaired) electrons. The van der Waals surface area contributed by atoms with Crippen LogP contribution in [0, 0.1) is 19.7 Å². The zero-order chi connectivity index (χ0) is 14.9. The Morgan fingerprint density at radius 2 is 2.10 bits per heavy atom. The van der Waals surface area contributed by atoms with Crippen LogP contribution in [0.2, 0.25) is 0 Å². The van der Waals surface area contributed by atoms with Crippen LogP contribution in [0.1, 0.15) is 17.0 Å². The van der Waals surface area contributed by atoms with E-state index in [4.69, 9.17) is 18.0 Å². The highest BCUT2D eigenvalue weighted by Crippen LogP contribution is 2.31. The van der Waals surface area contributed by atoms with Gasteiger partial charge in [-0.3, -0.25) is 4.98 Å². The quantitative estimate of drug-likeness (QED) is 0.819. The number of anilines is 2. The fraction of sp³-hybridized carbons (Fsp3) is 0.143. The van der Waals surface area contributed by atoms with E-state index in [0.717, 1.165) is 5.69 Å². The second-order valence-electron chi connectivity index (χ2n) is 4.36. The van der Waals surface area contributed by atoms with Crippen LogP contribution in [0.3, 0.4) is 0 Å². The second-order valence-corrected chi connectivity index (χ2v) is 5.65. The number of aryl methyl sites for hydroxylation is 2. The normalized spacial score (nSPS) is 10.4. The smallest absolute Gasteiger partial charge is 0.147 e. The Labute approximate surface area is 130 Å². The molecule has 0 unspecified atom stereocenters. The number of nitrogens with one attached hydrogen (secondary N) is 1. The summed E-state index contributed by atoms with van der Waals surface area (Å²) in [6.45, 7) is 3.68. The third-order valence-corrected chi connectivity index (χ3v) is 3.66. The number of benzene rings is 1. The summed E-state index contributed by atoms with van der Waals surface area (Å²) in [7, 11) is 0. The number of aromatic nitrogens is 1. The van der Waals surface area contributed by atoms with Gasteiger partial charge in [0.2, 0.25) is 0 Å². The van der Waals surface area contributed by atoms with Crippen molar-refractivity contribution < 1.29 is 4.39 Å². The molecule has 0 saturated heterocycles. The number of thiocarbonyl (C=S) groups is 1. The second kappa shape index (κ2) is 5.85. The molecule has 6 heteroatoms. The Bertz CT molecular complexity index is 668. The lowest BCUT2D eigenvalue weighted by Crippen LogP contribution is -2.15. The van der Waals surface area contributed by atoms with Crippen molar-refractivity contribution in [2.24, 2.45) is 5.73 Å². The summed E-state index contributed by atoms with van der Waals surface area (Å²) < 4.78 is 14.5. The first-order chi connectivity index (χ1) is 9.40. The van der Waals surface area contributed by atoms with Gasteiger partial charge in [0.15, 0.2) is 0 Å². The summed E-state index contributed by atoms with van der Waals surface area (Å²) in [4.78, 5) is 4.56. The third kappa shape index (κ3) is 2.96. The zero-order valence-electron chi connectivity index (χ0n) is 11.0. The predicted octanol–water partition coefficient (Wildman–Crippen LogP) is 3.98. The summed E-state index contributed by atoms with van der Waals surface area (Å²) in [5.74, 6) is -0.361.